The predicted molar refractivity (Wildman–Crippen MR) is 96.1 cm³/mol. The van der Waals surface area contributed by atoms with Crippen molar-refractivity contribution in [1.29, 1.82) is 0 Å². The van der Waals surface area contributed by atoms with Gasteiger partial charge in [0.2, 0.25) is 5.91 Å². The minimum Gasteiger partial charge on any atom is -0.361 e. The molecule has 1 aromatic heterocycles. The van der Waals surface area contributed by atoms with Crippen LogP contribution in [0.15, 0.2) is 54.7 Å². The Balaban J connectivity index is 1.40. The number of carbonyl (C=O) groups excluding carboxylic acids is 2. The number of para-hydroxylation sites is 1. The van der Waals surface area contributed by atoms with Gasteiger partial charge < -0.3 is 10.3 Å². The lowest BCUT2D eigenvalue weighted by atomic mass is 10.1. The number of aromatic nitrogens is 1. The van der Waals surface area contributed by atoms with Gasteiger partial charge in [-0.25, -0.2) is 9.29 Å². The van der Waals surface area contributed by atoms with Crippen molar-refractivity contribution >= 4 is 28.4 Å². The molecule has 4 rings (SSSR count). The predicted octanol–water partition coefficient (Wildman–Crippen LogP) is 1.74. The first-order valence-corrected chi connectivity index (χ1v) is 8.64. The fourth-order valence-corrected chi connectivity index (χ4v) is 3.48. The molecule has 3 aromatic rings. The third kappa shape index (κ3) is 2.99. The van der Waals surface area contributed by atoms with Crippen LogP contribution in [-0.2, 0) is 16.0 Å². The molecule has 0 aliphatic carbocycles. The van der Waals surface area contributed by atoms with E-state index in [1.54, 1.807) is 0 Å². The number of halogens is 1. The molecular formula is C20H19FN3O2+. The average molecular weight is 352 g/mol. The van der Waals surface area contributed by atoms with Crippen LogP contribution in [0.1, 0.15) is 12.0 Å². The number of imide groups is 1. The normalized spacial score (nSPS) is 17.4. The van der Waals surface area contributed by atoms with Crippen LogP contribution in [0.2, 0.25) is 0 Å². The molecule has 0 bridgehead atoms. The third-order valence-corrected chi connectivity index (χ3v) is 4.81. The van der Waals surface area contributed by atoms with Crippen molar-refractivity contribution in [3.8, 4) is 0 Å². The van der Waals surface area contributed by atoms with Crippen molar-refractivity contribution < 1.29 is 19.3 Å². The number of amides is 2. The quantitative estimate of drug-likeness (QED) is 0.687. The second kappa shape index (κ2) is 6.72. The van der Waals surface area contributed by atoms with E-state index in [0.717, 1.165) is 16.8 Å². The van der Waals surface area contributed by atoms with Crippen molar-refractivity contribution in [3.05, 3.63) is 66.1 Å². The van der Waals surface area contributed by atoms with Crippen LogP contribution in [0, 0.1) is 5.82 Å². The van der Waals surface area contributed by atoms with Crippen LogP contribution in [-0.4, -0.2) is 29.4 Å². The summed E-state index contributed by atoms with van der Waals surface area (Å²) >= 11 is 0. The van der Waals surface area contributed by atoms with Crippen LogP contribution in [0.4, 0.5) is 10.1 Å². The summed E-state index contributed by atoms with van der Waals surface area (Å²) in [6.07, 6.45) is 2.97. The van der Waals surface area contributed by atoms with Gasteiger partial charge in [-0.15, -0.1) is 0 Å². The van der Waals surface area contributed by atoms with E-state index in [1.807, 2.05) is 29.7 Å². The van der Waals surface area contributed by atoms with Crippen LogP contribution in [0.5, 0.6) is 0 Å². The molecule has 3 N–H and O–H groups in total. The number of anilines is 1. The summed E-state index contributed by atoms with van der Waals surface area (Å²) in [5.74, 6) is -0.870. The number of H-pyrrole nitrogens is 1. The Bertz CT molecular complexity index is 965. The second-order valence-corrected chi connectivity index (χ2v) is 6.49. The number of hydrogen-bond donors (Lipinski definition) is 2. The summed E-state index contributed by atoms with van der Waals surface area (Å²) in [4.78, 5) is 29.2. The van der Waals surface area contributed by atoms with E-state index in [4.69, 9.17) is 0 Å². The molecule has 0 unspecified atom stereocenters. The fourth-order valence-electron chi connectivity index (χ4n) is 3.48. The van der Waals surface area contributed by atoms with Crippen molar-refractivity contribution in [2.75, 3.05) is 11.4 Å². The van der Waals surface area contributed by atoms with Crippen molar-refractivity contribution in [2.24, 2.45) is 0 Å². The molecule has 0 spiro atoms. The first-order valence-electron chi connectivity index (χ1n) is 8.64. The van der Waals surface area contributed by atoms with E-state index >= 15 is 0 Å². The van der Waals surface area contributed by atoms with Gasteiger partial charge in [0.05, 0.1) is 18.7 Å². The van der Waals surface area contributed by atoms with Gasteiger partial charge in [0.1, 0.15) is 5.82 Å². The van der Waals surface area contributed by atoms with Gasteiger partial charge in [0.25, 0.3) is 5.91 Å². The van der Waals surface area contributed by atoms with E-state index < -0.39 is 11.9 Å². The summed E-state index contributed by atoms with van der Waals surface area (Å²) in [5.41, 5.74) is 2.72. The summed E-state index contributed by atoms with van der Waals surface area (Å²) in [6, 6.07) is 13.1. The minimum atomic E-state index is -0.419. The summed E-state index contributed by atoms with van der Waals surface area (Å²) < 4.78 is 13.1. The Hall–Kier alpha value is -2.99. The molecular weight excluding hydrogens is 333 g/mol. The number of quaternary nitrogens is 1. The highest BCUT2D eigenvalue weighted by atomic mass is 19.1. The monoisotopic (exact) mass is 352 g/mol. The Kier molecular flexibility index (Phi) is 4.26. The van der Waals surface area contributed by atoms with Gasteiger partial charge in [0, 0.05) is 23.5 Å². The maximum atomic E-state index is 13.1. The van der Waals surface area contributed by atoms with Crippen LogP contribution >= 0.6 is 0 Å². The highest BCUT2D eigenvalue weighted by Crippen LogP contribution is 2.22. The first kappa shape index (κ1) is 16.5. The van der Waals surface area contributed by atoms with Gasteiger partial charge in [0.15, 0.2) is 6.04 Å². The molecule has 132 valence electrons. The Morgan fingerprint density at radius 3 is 2.69 bits per heavy atom. The number of rotatable bonds is 5. The zero-order chi connectivity index (χ0) is 18.1. The number of nitrogens with two attached hydrogens (primary N) is 1. The largest absolute Gasteiger partial charge is 0.361 e. The maximum Gasteiger partial charge on any atom is 0.292 e. The van der Waals surface area contributed by atoms with E-state index in [1.165, 1.54) is 35.2 Å². The molecule has 26 heavy (non-hydrogen) atoms. The molecule has 2 amide bonds. The van der Waals surface area contributed by atoms with Crippen LogP contribution < -0.4 is 10.2 Å². The van der Waals surface area contributed by atoms with Crippen LogP contribution in [0.25, 0.3) is 10.9 Å². The molecule has 1 saturated heterocycles. The SMILES string of the molecule is O=C1C[C@H]([NH2+]CCc2c[nH]c3ccccc23)C(=O)N1c1ccc(F)cc1. The van der Waals surface area contributed by atoms with Crippen LogP contribution in [0.3, 0.4) is 0 Å². The lowest BCUT2D eigenvalue weighted by molar-refractivity contribution is -0.674. The lowest BCUT2D eigenvalue weighted by Crippen LogP contribution is -2.92. The van der Waals surface area contributed by atoms with Crippen molar-refractivity contribution in [3.63, 3.8) is 0 Å². The Morgan fingerprint density at radius 1 is 1.12 bits per heavy atom. The number of nitrogens with zero attached hydrogens (tertiary/aromatic N) is 1. The molecule has 5 nitrogen and oxygen atoms in total. The summed E-state index contributed by atoms with van der Waals surface area (Å²) in [5, 5.41) is 3.11. The number of aromatic amines is 1. The highest BCUT2D eigenvalue weighted by Gasteiger charge is 2.42. The van der Waals surface area contributed by atoms with Crippen molar-refractivity contribution in [1.82, 2.24) is 4.98 Å². The summed E-state index contributed by atoms with van der Waals surface area (Å²) in [6.45, 7) is 0.711. The van der Waals surface area contributed by atoms with Gasteiger partial charge in [-0.1, -0.05) is 18.2 Å². The van der Waals surface area contributed by atoms with Gasteiger partial charge in [-0.2, -0.15) is 0 Å². The van der Waals surface area contributed by atoms with Gasteiger partial charge in [-0.3, -0.25) is 9.59 Å². The molecule has 2 heterocycles. The zero-order valence-corrected chi connectivity index (χ0v) is 14.1. The number of nitrogens with one attached hydrogen (secondary N) is 1. The highest BCUT2D eigenvalue weighted by molar-refractivity contribution is 6.21. The second-order valence-electron chi connectivity index (χ2n) is 6.49. The molecule has 1 aliphatic rings. The number of carbonyl (C=O) groups is 2. The topological polar surface area (TPSA) is 69.8 Å². The molecule has 0 saturated carbocycles. The molecule has 2 aromatic carbocycles. The van der Waals surface area contributed by atoms with E-state index in [2.05, 4.69) is 11.1 Å². The maximum absolute atomic E-state index is 13.1. The lowest BCUT2D eigenvalue weighted by Gasteiger charge is -2.14. The fraction of sp³-hybridized carbons (Fsp3) is 0.200. The molecule has 0 radical (unpaired) electrons. The van der Waals surface area contributed by atoms with E-state index in [-0.39, 0.29) is 18.2 Å². The number of benzene rings is 2. The third-order valence-electron chi connectivity index (χ3n) is 4.81. The van der Waals surface area contributed by atoms with E-state index in [0.29, 0.717) is 12.2 Å². The summed E-state index contributed by atoms with van der Waals surface area (Å²) in [7, 11) is 0. The molecule has 6 heteroatoms. The Labute approximate surface area is 149 Å². The molecule has 1 fully saturated rings. The Morgan fingerprint density at radius 2 is 1.88 bits per heavy atom. The van der Waals surface area contributed by atoms with E-state index in [9.17, 15) is 14.0 Å². The zero-order valence-electron chi connectivity index (χ0n) is 14.1. The number of fused-ring (bicyclic) bond motifs is 1. The standard InChI is InChI=1S/C20H18FN3O2/c21-14-5-7-15(8-6-14)24-19(25)11-18(20(24)26)22-10-9-13-12-23-17-4-2-1-3-16(13)17/h1-8,12,18,22-23H,9-11H2/p+1/t18-/m0/s1. The molecule has 1 aliphatic heterocycles. The number of hydrogen-bond acceptors (Lipinski definition) is 2. The first-order chi connectivity index (χ1) is 12.6. The van der Waals surface area contributed by atoms with Gasteiger partial charge >= 0.3 is 0 Å². The smallest absolute Gasteiger partial charge is 0.292 e. The van der Waals surface area contributed by atoms with Crippen molar-refractivity contribution in [2.45, 2.75) is 18.9 Å². The average Bonchev–Trinajstić information content (AvgIpc) is 3.17. The van der Waals surface area contributed by atoms with Gasteiger partial charge in [-0.05, 0) is 35.9 Å². The minimum absolute atomic E-state index is 0.171. The molecule has 1 atom stereocenters.